The third-order valence-electron chi connectivity index (χ3n) is 3.26. The van der Waals surface area contributed by atoms with Gasteiger partial charge in [-0.15, -0.1) is 0 Å². The number of nitrogens with two attached hydrogens (primary N) is 1. The monoisotopic (exact) mass is 402 g/mol. The molecule has 0 unspecified atom stereocenters. The molecule has 0 atom stereocenters. The van der Waals surface area contributed by atoms with E-state index in [0.29, 0.717) is 6.04 Å². The number of aryl methyl sites for hydroxylation is 1. The molecule has 4 heteroatoms. The van der Waals surface area contributed by atoms with Crippen LogP contribution in [0.3, 0.4) is 0 Å². The average Bonchev–Trinajstić information content (AvgIpc) is 2.99. The smallest absolute Gasteiger partial charge is 0.00388 e. The summed E-state index contributed by atoms with van der Waals surface area (Å²) in [6.07, 6.45) is 11.0. The maximum atomic E-state index is 5.38. The van der Waals surface area contributed by atoms with Crippen LogP contribution in [0, 0.1) is 9.72 Å². The van der Waals surface area contributed by atoms with E-state index in [1.807, 2.05) is 0 Å². The SMILES string of the molecule is Cn1ccn(CC2CC2)[c]1=[Pt].NC1CCC1. The van der Waals surface area contributed by atoms with Crippen molar-refractivity contribution in [1.82, 2.24) is 9.13 Å². The van der Waals surface area contributed by atoms with Crippen molar-refractivity contribution in [2.24, 2.45) is 18.7 Å². The molecule has 3 rings (SSSR count). The van der Waals surface area contributed by atoms with E-state index in [9.17, 15) is 0 Å². The van der Waals surface area contributed by atoms with Gasteiger partial charge in [-0.2, -0.15) is 0 Å². The third kappa shape index (κ3) is 3.43. The van der Waals surface area contributed by atoms with Gasteiger partial charge in [-0.3, -0.25) is 0 Å². The molecule has 0 amide bonds. The molecule has 2 aliphatic carbocycles. The standard InChI is InChI=1S/C8H12N2.C4H9N.Pt/c1-9-4-5-10(7-9)6-8-2-3-8;5-4-2-1-3-4;/h4-5,8H,2-3,6H2,1H3;4H,1-3,5H2;. The first kappa shape index (κ1) is 12.3. The Morgan fingerprint density at radius 1 is 1.31 bits per heavy atom. The van der Waals surface area contributed by atoms with Crippen LogP contribution in [0.25, 0.3) is 0 Å². The van der Waals surface area contributed by atoms with Gasteiger partial charge < -0.3 is 5.73 Å². The van der Waals surface area contributed by atoms with E-state index in [1.165, 1.54) is 42.5 Å². The summed E-state index contributed by atoms with van der Waals surface area (Å²) in [5.74, 6) is 0.969. The topological polar surface area (TPSA) is 35.9 Å². The van der Waals surface area contributed by atoms with E-state index in [0.717, 1.165) is 5.92 Å². The molecule has 2 saturated carbocycles. The molecule has 3 nitrogen and oxygen atoms in total. The Hall–Kier alpha value is -0.142. The number of imidazole rings is 1. The molecule has 94 valence electrons. The fourth-order valence-corrected chi connectivity index (χ4v) is 2.19. The maximum Gasteiger partial charge on any atom is 0.00388 e. The number of rotatable bonds is 2. The van der Waals surface area contributed by atoms with Crippen LogP contribution in [-0.2, 0) is 32.9 Å². The summed E-state index contributed by atoms with van der Waals surface area (Å²) in [6.45, 7) is 1.22. The van der Waals surface area contributed by atoms with E-state index in [2.05, 4.69) is 47.9 Å². The first-order valence-electron chi connectivity index (χ1n) is 6.09. The van der Waals surface area contributed by atoms with Crippen LogP contribution < -0.4 is 5.73 Å². The Bertz CT molecular complexity index is 385. The van der Waals surface area contributed by atoms with Crippen LogP contribution in [0.5, 0.6) is 0 Å². The van der Waals surface area contributed by atoms with Crippen molar-refractivity contribution in [3.05, 3.63) is 16.2 Å². The van der Waals surface area contributed by atoms with Gasteiger partial charge >= 0.3 is 77.0 Å². The van der Waals surface area contributed by atoms with Gasteiger partial charge in [-0.1, -0.05) is 6.42 Å². The van der Waals surface area contributed by atoms with Gasteiger partial charge in [0.2, 0.25) is 0 Å². The van der Waals surface area contributed by atoms with Crippen molar-refractivity contribution in [3.8, 4) is 0 Å². The molecule has 0 radical (unpaired) electrons. The molecule has 0 spiro atoms. The quantitative estimate of drug-likeness (QED) is 0.805. The van der Waals surface area contributed by atoms with Crippen LogP contribution in [-0.4, -0.2) is 15.2 Å². The summed E-state index contributed by atoms with van der Waals surface area (Å²) in [7, 11) is 2.09. The van der Waals surface area contributed by atoms with E-state index in [-0.39, 0.29) is 0 Å². The van der Waals surface area contributed by atoms with Crippen molar-refractivity contribution in [2.45, 2.75) is 44.7 Å². The number of aromatic nitrogens is 2. The Morgan fingerprint density at radius 2 is 1.94 bits per heavy atom. The molecule has 16 heavy (non-hydrogen) atoms. The van der Waals surface area contributed by atoms with Gasteiger partial charge in [0.25, 0.3) is 0 Å². The predicted octanol–water partition coefficient (Wildman–Crippen LogP) is 1.81. The normalized spacial score (nSPS) is 20.0. The summed E-state index contributed by atoms with van der Waals surface area (Å²) in [4.78, 5) is 0. The van der Waals surface area contributed by atoms with Crippen LogP contribution in [0.2, 0.25) is 0 Å². The van der Waals surface area contributed by atoms with Gasteiger partial charge in [0.15, 0.2) is 0 Å². The van der Waals surface area contributed by atoms with Gasteiger partial charge in [0.05, 0.1) is 0 Å². The zero-order valence-electron chi connectivity index (χ0n) is 9.84. The van der Waals surface area contributed by atoms with Crippen molar-refractivity contribution >= 4 is 0 Å². The Labute approximate surface area is 108 Å². The number of hydrogen-bond donors (Lipinski definition) is 1. The largest absolute Gasteiger partial charge is 0.328 e. The van der Waals surface area contributed by atoms with Gasteiger partial charge in [0.1, 0.15) is 0 Å². The van der Waals surface area contributed by atoms with Crippen molar-refractivity contribution in [2.75, 3.05) is 0 Å². The number of hydrogen-bond acceptors (Lipinski definition) is 1. The number of nitrogens with zero attached hydrogens (tertiary/aromatic N) is 2. The van der Waals surface area contributed by atoms with E-state index in [4.69, 9.17) is 5.73 Å². The predicted molar refractivity (Wildman–Crippen MR) is 61.2 cm³/mol. The third-order valence-corrected chi connectivity index (χ3v) is 4.71. The minimum Gasteiger partial charge on any atom is -0.328 e. The molecule has 2 aliphatic rings. The summed E-state index contributed by atoms with van der Waals surface area (Å²) in [5.41, 5.74) is 5.38. The van der Waals surface area contributed by atoms with E-state index >= 15 is 0 Å². The molecule has 0 aliphatic heterocycles. The fraction of sp³-hybridized carbons (Fsp3) is 0.750. The van der Waals surface area contributed by atoms with Crippen molar-refractivity contribution < 1.29 is 19.4 Å². The van der Waals surface area contributed by atoms with E-state index in [1.54, 1.807) is 0 Å². The average molecular weight is 402 g/mol. The minimum atomic E-state index is 0.565. The fourth-order valence-electron chi connectivity index (χ4n) is 1.65. The van der Waals surface area contributed by atoms with Gasteiger partial charge in [0, 0.05) is 6.04 Å². The molecular weight excluding hydrogens is 381 g/mol. The second-order valence-electron chi connectivity index (χ2n) is 4.94. The van der Waals surface area contributed by atoms with Crippen LogP contribution in [0.4, 0.5) is 0 Å². The minimum absolute atomic E-state index is 0.565. The molecule has 0 aromatic carbocycles. The Balaban J connectivity index is 0.000000162. The molecule has 2 fully saturated rings. The Morgan fingerprint density at radius 3 is 2.25 bits per heavy atom. The first-order chi connectivity index (χ1) is 7.66. The molecule has 1 aromatic rings. The van der Waals surface area contributed by atoms with Crippen LogP contribution in [0.1, 0.15) is 32.1 Å². The molecule has 0 saturated heterocycles. The summed E-state index contributed by atoms with van der Waals surface area (Å²) in [6, 6.07) is 0.565. The second kappa shape index (κ2) is 5.46. The summed E-state index contributed by atoms with van der Waals surface area (Å²) >= 11 is 2.37. The Kier molecular flexibility index (Phi) is 4.20. The zero-order valence-corrected chi connectivity index (χ0v) is 12.1. The van der Waals surface area contributed by atoms with Crippen LogP contribution in [0.15, 0.2) is 12.4 Å². The molecule has 2 N–H and O–H groups in total. The van der Waals surface area contributed by atoms with Crippen molar-refractivity contribution in [3.63, 3.8) is 0 Å². The second-order valence-corrected chi connectivity index (χ2v) is 5.95. The first-order valence-corrected chi connectivity index (χ1v) is 7.23. The van der Waals surface area contributed by atoms with Gasteiger partial charge in [-0.05, 0) is 12.8 Å². The van der Waals surface area contributed by atoms with Gasteiger partial charge in [-0.25, -0.2) is 0 Å². The molecular formula is C12H21N3Pt. The van der Waals surface area contributed by atoms with E-state index < -0.39 is 0 Å². The maximum absolute atomic E-state index is 5.38. The summed E-state index contributed by atoms with van der Waals surface area (Å²) in [5, 5.41) is 0. The van der Waals surface area contributed by atoms with Crippen molar-refractivity contribution in [1.29, 1.82) is 0 Å². The van der Waals surface area contributed by atoms with Crippen LogP contribution >= 0.6 is 0 Å². The zero-order chi connectivity index (χ0) is 11.5. The summed E-state index contributed by atoms with van der Waals surface area (Å²) < 4.78 is 5.82. The molecule has 1 heterocycles. The molecule has 1 aromatic heterocycles. The molecule has 0 bridgehead atoms.